The first kappa shape index (κ1) is 15.5. The van der Waals surface area contributed by atoms with Gasteiger partial charge in [0.1, 0.15) is 5.75 Å². The number of non-ortho nitro benzene ring substituents is 1. The van der Waals surface area contributed by atoms with Crippen molar-refractivity contribution >= 4 is 11.6 Å². The molecule has 106 valence electrons. The average Bonchev–Trinajstić information content (AvgIpc) is 2.42. The molecule has 1 rings (SSSR count). The number of hydrogen-bond donors (Lipinski definition) is 2. The topological polar surface area (TPSA) is 102 Å². The second-order valence-electron chi connectivity index (χ2n) is 3.92. The number of rotatable bonds is 6. The van der Waals surface area contributed by atoms with Gasteiger partial charge < -0.3 is 15.2 Å². The third-order valence-electron chi connectivity index (χ3n) is 2.40. The molecule has 0 heterocycles. The monoisotopic (exact) mass is 278 g/mol. The van der Waals surface area contributed by atoms with Gasteiger partial charge in [0.05, 0.1) is 17.6 Å². The second-order valence-corrected chi connectivity index (χ2v) is 3.92. The minimum Gasteiger partial charge on any atom is -0.483 e. The Hall–Kier alpha value is -2.59. The van der Waals surface area contributed by atoms with Crippen molar-refractivity contribution in [2.45, 2.75) is 13.0 Å². The van der Waals surface area contributed by atoms with E-state index in [0.29, 0.717) is 0 Å². The van der Waals surface area contributed by atoms with Crippen molar-refractivity contribution in [2.24, 2.45) is 0 Å². The number of hydrogen-bond acceptors (Lipinski definition) is 5. The normalized spacial score (nSPS) is 11.2. The number of nitro benzene ring substituents is 1. The van der Waals surface area contributed by atoms with Crippen LogP contribution in [0.15, 0.2) is 18.2 Å². The summed E-state index contributed by atoms with van der Waals surface area (Å²) in [5, 5.41) is 22.7. The Morgan fingerprint density at radius 3 is 2.90 bits per heavy atom. The number of ether oxygens (including phenoxy) is 1. The largest absolute Gasteiger partial charge is 0.483 e. The predicted octanol–water partition coefficient (Wildman–Crippen LogP) is 0.776. The maximum atomic E-state index is 11.3. The maximum Gasteiger partial charge on any atom is 0.270 e. The molecule has 2 N–H and O–H groups in total. The molecule has 1 amide bonds. The molecule has 7 heteroatoms. The highest BCUT2D eigenvalue weighted by molar-refractivity contribution is 5.77. The van der Waals surface area contributed by atoms with Crippen LogP contribution in [0.4, 0.5) is 5.69 Å². The molecular weight excluding hydrogens is 264 g/mol. The third-order valence-corrected chi connectivity index (χ3v) is 2.40. The lowest BCUT2D eigenvalue weighted by molar-refractivity contribution is -0.385. The summed E-state index contributed by atoms with van der Waals surface area (Å²) in [5.41, 5.74) is 0.0778. The van der Waals surface area contributed by atoms with Gasteiger partial charge in [-0.25, -0.2) is 0 Å². The Labute approximate surface area is 115 Å². The third kappa shape index (κ3) is 4.26. The van der Waals surface area contributed by atoms with Crippen LogP contribution in [0.25, 0.3) is 0 Å². The number of aliphatic hydroxyl groups excluding tert-OH is 1. The van der Waals surface area contributed by atoms with Crippen molar-refractivity contribution < 1.29 is 19.6 Å². The minimum absolute atomic E-state index is 0.0890. The zero-order valence-electron chi connectivity index (χ0n) is 10.8. The van der Waals surface area contributed by atoms with Crippen molar-refractivity contribution in [3.8, 4) is 18.1 Å². The van der Waals surface area contributed by atoms with Crippen LogP contribution in [0.3, 0.4) is 0 Å². The molecule has 0 unspecified atom stereocenters. The van der Waals surface area contributed by atoms with Gasteiger partial charge in [0, 0.05) is 17.7 Å². The zero-order valence-corrected chi connectivity index (χ0v) is 10.8. The summed E-state index contributed by atoms with van der Waals surface area (Å²) in [6.45, 7) is 1.25. The smallest absolute Gasteiger partial charge is 0.270 e. The van der Waals surface area contributed by atoms with E-state index in [-0.39, 0.29) is 30.2 Å². The molecule has 1 aromatic carbocycles. The zero-order chi connectivity index (χ0) is 15.1. The Balaban J connectivity index is 2.82. The van der Waals surface area contributed by atoms with Crippen LogP contribution in [0.2, 0.25) is 0 Å². The summed E-state index contributed by atoms with van der Waals surface area (Å²) in [7, 11) is 0. The van der Waals surface area contributed by atoms with E-state index in [2.05, 4.69) is 11.2 Å². The second kappa shape index (κ2) is 7.11. The van der Waals surface area contributed by atoms with E-state index in [1.54, 1.807) is 0 Å². The van der Waals surface area contributed by atoms with Crippen molar-refractivity contribution in [3.63, 3.8) is 0 Å². The fourth-order valence-electron chi connectivity index (χ4n) is 1.45. The number of amides is 1. The van der Waals surface area contributed by atoms with Crippen molar-refractivity contribution in [1.29, 1.82) is 0 Å². The Morgan fingerprint density at radius 1 is 1.65 bits per heavy atom. The molecule has 0 saturated heterocycles. The van der Waals surface area contributed by atoms with Crippen LogP contribution in [-0.4, -0.2) is 29.1 Å². The lowest BCUT2D eigenvalue weighted by atomic mass is 10.1. The van der Waals surface area contributed by atoms with Gasteiger partial charge >= 0.3 is 0 Å². The highest BCUT2D eigenvalue weighted by Gasteiger charge is 2.16. The van der Waals surface area contributed by atoms with Gasteiger partial charge in [0.2, 0.25) is 0 Å². The molecule has 0 aromatic heterocycles. The van der Waals surface area contributed by atoms with Crippen LogP contribution < -0.4 is 10.1 Å². The Bertz CT molecular complexity index is 548. The van der Waals surface area contributed by atoms with Gasteiger partial charge in [-0.1, -0.05) is 5.92 Å². The van der Waals surface area contributed by atoms with Gasteiger partial charge in [0.15, 0.2) is 6.61 Å². The molecule has 20 heavy (non-hydrogen) atoms. The van der Waals surface area contributed by atoms with Gasteiger partial charge in [0.25, 0.3) is 11.6 Å². The van der Waals surface area contributed by atoms with E-state index < -0.39 is 16.9 Å². The number of carbonyl (C=O) groups excluding carboxylic acids is 1. The summed E-state index contributed by atoms with van der Waals surface area (Å²) < 4.78 is 5.23. The lowest BCUT2D eigenvalue weighted by Crippen LogP contribution is -2.29. The van der Waals surface area contributed by atoms with Crippen LogP contribution in [0.5, 0.6) is 5.75 Å². The number of carbonyl (C=O) groups is 1. The van der Waals surface area contributed by atoms with E-state index in [9.17, 15) is 20.0 Å². The molecule has 1 aromatic rings. The summed E-state index contributed by atoms with van der Waals surface area (Å²) in [4.78, 5) is 21.4. The first-order chi connectivity index (χ1) is 9.45. The number of benzene rings is 1. The van der Waals surface area contributed by atoms with Crippen molar-refractivity contribution in [2.75, 3.05) is 13.2 Å². The van der Waals surface area contributed by atoms with Gasteiger partial charge in [-0.2, -0.15) is 0 Å². The number of nitrogens with zero attached hydrogens (tertiary/aromatic N) is 1. The van der Waals surface area contributed by atoms with Crippen molar-refractivity contribution in [1.82, 2.24) is 5.32 Å². The fourth-order valence-corrected chi connectivity index (χ4v) is 1.45. The van der Waals surface area contributed by atoms with Crippen LogP contribution in [0, 0.1) is 22.5 Å². The molecule has 0 spiro atoms. The first-order valence-electron chi connectivity index (χ1n) is 5.75. The highest BCUT2D eigenvalue weighted by Crippen LogP contribution is 2.29. The molecule has 0 aliphatic heterocycles. The number of aliphatic hydroxyl groups is 1. The minimum atomic E-state index is -0.960. The van der Waals surface area contributed by atoms with E-state index in [1.807, 2.05) is 0 Å². The van der Waals surface area contributed by atoms with E-state index in [4.69, 9.17) is 11.2 Å². The molecule has 0 aliphatic rings. The van der Waals surface area contributed by atoms with E-state index >= 15 is 0 Å². The Morgan fingerprint density at radius 2 is 2.35 bits per heavy atom. The summed E-state index contributed by atoms with van der Waals surface area (Å²) in [6.07, 6.45) is 4.03. The quantitative estimate of drug-likeness (QED) is 0.455. The lowest BCUT2D eigenvalue weighted by Gasteiger charge is -2.12. The number of terminal acetylenes is 1. The first-order valence-corrected chi connectivity index (χ1v) is 5.75. The molecule has 0 aliphatic carbocycles. The van der Waals surface area contributed by atoms with Crippen molar-refractivity contribution in [3.05, 3.63) is 33.9 Å². The van der Waals surface area contributed by atoms with Gasteiger partial charge in [-0.15, -0.1) is 6.42 Å². The van der Waals surface area contributed by atoms with Crippen LogP contribution >= 0.6 is 0 Å². The fraction of sp³-hybridized carbons (Fsp3) is 0.308. The molecule has 0 saturated carbocycles. The summed E-state index contributed by atoms with van der Waals surface area (Å²) in [5.74, 6) is 2.03. The molecule has 0 fully saturated rings. The van der Waals surface area contributed by atoms with Crippen LogP contribution in [-0.2, 0) is 4.79 Å². The van der Waals surface area contributed by atoms with Gasteiger partial charge in [-0.3, -0.25) is 14.9 Å². The molecule has 0 bridgehead atoms. The Kier molecular flexibility index (Phi) is 5.50. The molecule has 0 radical (unpaired) electrons. The molecule has 7 nitrogen and oxygen atoms in total. The van der Waals surface area contributed by atoms with Gasteiger partial charge in [-0.05, 0) is 13.0 Å². The SMILES string of the molecule is C#CCNC(=O)COc1ccc([N+](=O)[O-])cc1[C@H](C)O. The highest BCUT2D eigenvalue weighted by atomic mass is 16.6. The maximum absolute atomic E-state index is 11.3. The molecular formula is C13H14N2O5. The average molecular weight is 278 g/mol. The summed E-state index contributed by atoms with van der Waals surface area (Å²) >= 11 is 0. The number of nitro groups is 1. The predicted molar refractivity (Wildman–Crippen MR) is 71.1 cm³/mol. The van der Waals surface area contributed by atoms with E-state index in [0.717, 1.165) is 0 Å². The number of nitrogens with one attached hydrogen (secondary N) is 1. The van der Waals surface area contributed by atoms with E-state index in [1.165, 1.54) is 25.1 Å². The van der Waals surface area contributed by atoms with Crippen LogP contribution in [0.1, 0.15) is 18.6 Å². The summed E-state index contributed by atoms with van der Waals surface area (Å²) in [6, 6.07) is 3.79. The molecule has 1 atom stereocenters. The standard InChI is InChI=1S/C13H14N2O5/c1-3-6-14-13(17)8-20-12-5-4-10(15(18)19)7-11(12)9(2)16/h1,4-5,7,9,16H,6,8H2,2H3,(H,14,17)/t9-/m0/s1.